The first kappa shape index (κ1) is 10.1. The molecule has 0 bridgehead atoms. The summed E-state index contributed by atoms with van der Waals surface area (Å²) in [6.07, 6.45) is 5.45. The molecule has 1 aliphatic heterocycles. The minimum absolute atomic E-state index is 0.342. The van der Waals surface area contributed by atoms with Gasteiger partial charge in [0.15, 0.2) is 0 Å². The zero-order valence-electron chi connectivity index (χ0n) is 9.10. The third kappa shape index (κ3) is 1.93. The van der Waals surface area contributed by atoms with E-state index in [-0.39, 0.29) is 0 Å². The molecule has 15 heavy (non-hydrogen) atoms. The minimum Gasteiger partial charge on any atom is -0.396 e. The summed E-state index contributed by atoms with van der Waals surface area (Å²) in [5.41, 5.74) is 0. The normalized spacial score (nSPS) is 49.0. The average Bonchev–Trinajstić information content (AvgIpc) is 2.75. The molecule has 0 aromatic rings. The van der Waals surface area contributed by atoms with Crippen LogP contribution in [0, 0.1) is 17.8 Å². The molecule has 3 aliphatic rings. The fourth-order valence-corrected chi connectivity index (χ4v) is 3.40. The molecular formula is C12H20O3. The molecule has 2 aliphatic carbocycles. The van der Waals surface area contributed by atoms with E-state index in [0.717, 1.165) is 37.9 Å². The van der Waals surface area contributed by atoms with Crippen LogP contribution < -0.4 is 0 Å². The number of hydrogen-bond acceptors (Lipinski definition) is 3. The molecule has 2 saturated carbocycles. The lowest BCUT2D eigenvalue weighted by molar-refractivity contribution is -0.0858. The van der Waals surface area contributed by atoms with Crippen LogP contribution in [0.4, 0.5) is 0 Å². The Labute approximate surface area is 90.8 Å². The summed E-state index contributed by atoms with van der Waals surface area (Å²) in [7, 11) is 0. The molecule has 3 nitrogen and oxygen atoms in total. The second-order valence-corrected chi connectivity index (χ2v) is 5.24. The van der Waals surface area contributed by atoms with Gasteiger partial charge in [0.05, 0.1) is 18.8 Å². The first-order valence-electron chi connectivity index (χ1n) is 6.22. The second-order valence-electron chi connectivity index (χ2n) is 5.24. The summed E-state index contributed by atoms with van der Waals surface area (Å²) in [4.78, 5) is 0. The van der Waals surface area contributed by atoms with E-state index in [1.165, 1.54) is 12.8 Å². The van der Waals surface area contributed by atoms with E-state index in [4.69, 9.17) is 14.6 Å². The minimum atomic E-state index is 0.342. The summed E-state index contributed by atoms with van der Waals surface area (Å²) >= 11 is 0. The standard InChI is InChI=1S/C12H20O3/c13-6-12-10-4-9(5-11(10)12)15-8-2-1-3-14-7-8/h8-13H,1-7H2. The van der Waals surface area contributed by atoms with Crippen molar-refractivity contribution >= 4 is 0 Å². The highest BCUT2D eigenvalue weighted by Gasteiger charge is 2.55. The lowest BCUT2D eigenvalue weighted by atomic mass is 10.1. The van der Waals surface area contributed by atoms with Crippen LogP contribution in [-0.4, -0.2) is 37.1 Å². The number of aliphatic hydroxyl groups is 1. The van der Waals surface area contributed by atoms with Crippen molar-refractivity contribution in [1.82, 2.24) is 0 Å². The van der Waals surface area contributed by atoms with E-state index in [2.05, 4.69) is 0 Å². The van der Waals surface area contributed by atoms with E-state index in [0.29, 0.717) is 24.7 Å². The van der Waals surface area contributed by atoms with Gasteiger partial charge in [-0.3, -0.25) is 0 Å². The predicted octanol–water partition coefficient (Wildman–Crippen LogP) is 1.20. The van der Waals surface area contributed by atoms with Gasteiger partial charge in [-0.05, 0) is 43.4 Å². The van der Waals surface area contributed by atoms with Gasteiger partial charge in [0.1, 0.15) is 0 Å². The fourth-order valence-electron chi connectivity index (χ4n) is 3.40. The van der Waals surface area contributed by atoms with Crippen LogP contribution >= 0.6 is 0 Å². The van der Waals surface area contributed by atoms with E-state index in [1.807, 2.05) is 0 Å². The van der Waals surface area contributed by atoms with Crippen molar-refractivity contribution in [1.29, 1.82) is 0 Å². The molecule has 3 heteroatoms. The molecule has 86 valence electrons. The molecule has 0 aromatic heterocycles. The number of rotatable bonds is 3. The highest BCUT2D eigenvalue weighted by atomic mass is 16.5. The maximum atomic E-state index is 9.06. The Morgan fingerprint density at radius 2 is 2.00 bits per heavy atom. The summed E-state index contributed by atoms with van der Waals surface area (Å²) in [5, 5.41) is 9.06. The molecule has 3 atom stereocenters. The van der Waals surface area contributed by atoms with Crippen LogP contribution in [0.15, 0.2) is 0 Å². The molecule has 0 radical (unpaired) electrons. The van der Waals surface area contributed by atoms with Crippen molar-refractivity contribution in [2.45, 2.75) is 37.9 Å². The SMILES string of the molecule is OCC1C2CC(OC3CCCOC3)CC12. The second kappa shape index (κ2) is 4.04. The Kier molecular flexibility index (Phi) is 2.71. The number of hydrogen-bond donors (Lipinski definition) is 1. The van der Waals surface area contributed by atoms with Crippen molar-refractivity contribution < 1.29 is 14.6 Å². The lowest BCUT2D eigenvalue weighted by Crippen LogP contribution is -2.30. The van der Waals surface area contributed by atoms with Crippen LogP contribution in [0.5, 0.6) is 0 Å². The number of fused-ring (bicyclic) bond motifs is 1. The van der Waals surface area contributed by atoms with Gasteiger partial charge in [-0.15, -0.1) is 0 Å². The largest absolute Gasteiger partial charge is 0.396 e. The number of ether oxygens (including phenoxy) is 2. The molecule has 3 unspecified atom stereocenters. The van der Waals surface area contributed by atoms with Gasteiger partial charge in [0, 0.05) is 13.2 Å². The van der Waals surface area contributed by atoms with Crippen LogP contribution in [0.25, 0.3) is 0 Å². The highest BCUT2D eigenvalue weighted by molar-refractivity contribution is 5.04. The van der Waals surface area contributed by atoms with Gasteiger partial charge in [-0.2, -0.15) is 0 Å². The first-order valence-corrected chi connectivity index (χ1v) is 6.22. The Morgan fingerprint density at radius 3 is 2.60 bits per heavy atom. The summed E-state index contributed by atoms with van der Waals surface area (Å²) in [5.74, 6) is 2.14. The molecule has 0 amide bonds. The maximum Gasteiger partial charge on any atom is 0.0813 e. The Morgan fingerprint density at radius 1 is 1.20 bits per heavy atom. The van der Waals surface area contributed by atoms with Gasteiger partial charge in [-0.25, -0.2) is 0 Å². The molecule has 1 N–H and O–H groups in total. The lowest BCUT2D eigenvalue weighted by Gasteiger charge is -2.26. The molecule has 1 saturated heterocycles. The fraction of sp³-hybridized carbons (Fsp3) is 1.00. The predicted molar refractivity (Wildman–Crippen MR) is 55.5 cm³/mol. The molecule has 3 rings (SSSR count). The van der Waals surface area contributed by atoms with Gasteiger partial charge in [0.25, 0.3) is 0 Å². The van der Waals surface area contributed by atoms with E-state index < -0.39 is 0 Å². The summed E-state index contributed by atoms with van der Waals surface area (Å²) < 4.78 is 11.4. The zero-order valence-corrected chi connectivity index (χ0v) is 9.10. The topological polar surface area (TPSA) is 38.7 Å². The van der Waals surface area contributed by atoms with E-state index in [1.54, 1.807) is 0 Å². The molecule has 0 aromatic carbocycles. The zero-order chi connectivity index (χ0) is 10.3. The van der Waals surface area contributed by atoms with E-state index in [9.17, 15) is 0 Å². The first-order chi connectivity index (χ1) is 7.38. The molecule has 3 fully saturated rings. The third-order valence-electron chi connectivity index (χ3n) is 4.29. The van der Waals surface area contributed by atoms with Crippen molar-refractivity contribution in [3.05, 3.63) is 0 Å². The van der Waals surface area contributed by atoms with Crippen molar-refractivity contribution in [3.63, 3.8) is 0 Å². The van der Waals surface area contributed by atoms with Crippen LogP contribution in [0.2, 0.25) is 0 Å². The Bertz CT molecular complexity index is 213. The van der Waals surface area contributed by atoms with Gasteiger partial charge >= 0.3 is 0 Å². The van der Waals surface area contributed by atoms with Crippen LogP contribution in [-0.2, 0) is 9.47 Å². The quantitative estimate of drug-likeness (QED) is 0.764. The van der Waals surface area contributed by atoms with Gasteiger partial charge in [0.2, 0.25) is 0 Å². The average molecular weight is 212 g/mol. The van der Waals surface area contributed by atoms with E-state index >= 15 is 0 Å². The molecular weight excluding hydrogens is 192 g/mol. The van der Waals surface area contributed by atoms with Crippen LogP contribution in [0.3, 0.4) is 0 Å². The van der Waals surface area contributed by atoms with Crippen LogP contribution in [0.1, 0.15) is 25.7 Å². The van der Waals surface area contributed by atoms with Gasteiger partial charge in [-0.1, -0.05) is 0 Å². The summed E-state index contributed by atoms with van der Waals surface area (Å²) in [6, 6.07) is 0. The highest BCUT2D eigenvalue weighted by Crippen LogP contribution is 2.58. The third-order valence-corrected chi connectivity index (χ3v) is 4.29. The Balaban J connectivity index is 1.43. The van der Waals surface area contributed by atoms with Crippen molar-refractivity contribution in [3.8, 4) is 0 Å². The van der Waals surface area contributed by atoms with Gasteiger partial charge < -0.3 is 14.6 Å². The number of aliphatic hydroxyl groups excluding tert-OH is 1. The molecule has 1 heterocycles. The summed E-state index contributed by atoms with van der Waals surface area (Å²) in [6.45, 7) is 2.08. The Hall–Kier alpha value is -0.120. The maximum absolute atomic E-state index is 9.06. The van der Waals surface area contributed by atoms with Crippen molar-refractivity contribution in [2.75, 3.05) is 19.8 Å². The smallest absolute Gasteiger partial charge is 0.0813 e. The monoisotopic (exact) mass is 212 g/mol. The molecule has 0 spiro atoms. The van der Waals surface area contributed by atoms with Crippen molar-refractivity contribution in [2.24, 2.45) is 17.8 Å².